The van der Waals surface area contributed by atoms with Gasteiger partial charge in [-0.15, -0.1) is 0 Å². The second kappa shape index (κ2) is 5.85. The fourth-order valence-electron chi connectivity index (χ4n) is 1.47. The minimum Gasteiger partial charge on any atom is -0.497 e. The summed E-state index contributed by atoms with van der Waals surface area (Å²) in [6, 6.07) is 7.02. The van der Waals surface area contributed by atoms with Crippen molar-refractivity contribution in [2.45, 2.75) is 6.92 Å². The van der Waals surface area contributed by atoms with Crippen LogP contribution in [0.15, 0.2) is 28.7 Å². The zero-order valence-electron chi connectivity index (χ0n) is 10.5. The summed E-state index contributed by atoms with van der Waals surface area (Å²) in [5, 5.41) is 0. The monoisotopic (exact) mass is 324 g/mol. The van der Waals surface area contributed by atoms with Crippen molar-refractivity contribution in [3.8, 4) is 17.4 Å². The number of rotatable bonds is 4. The fraction of sp³-hybridized carbons (Fsp3) is 0.167. The Bertz CT molecular complexity index is 592. The topological polar surface area (TPSA) is 82.3 Å². The number of methoxy groups -OCH3 is 1. The molecule has 0 aliphatic heterocycles. The van der Waals surface area contributed by atoms with Gasteiger partial charge >= 0.3 is 0 Å². The Labute approximate surface area is 119 Å². The van der Waals surface area contributed by atoms with Crippen molar-refractivity contribution in [2.75, 3.05) is 12.5 Å². The third-order valence-electron chi connectivity index (χ3n) is 2.32. The summed E-state index contributed by atoms with van der Waals surface area (Å²) < 4.78 is 11.6. The van der Waals surface area contributed by atoms with Crippen molar-refractivity contribution < 1.29 is 9.47 Å². The van der Waals surface area contributed by atoms with Gasteiger partial charge in [-0.2, -0.15) is 4.98 Å². The number of ether oxygens (including phenoxy) is 2. The lowest BCUT2D eigenvalue weighted by Gasteiger charge is -2.09. The van der Waals surface area contributed by atoms with Gasteiger partial charge in [0, 0.05) is 6.07 Å². The number of anilines is 1. The second-order valence-corrected chi connectivity index (χ2v) is 4.54. The van der Waals surface area contributed by atoms with Crippen LogP contribution in [0.4, 0.5) is 5.82 Å². The highest BCUT2D eigenvalue weighted by Gasteiger charge is 2.07. The lowest BCUT2D eigenvalue weighted by atomic mass is 10.3. The van der Waals surface area contributed by atoms with E-state index in [0.717, 1.165) is 10.2 Å². The maximum atomic E-state index is 5.68. The number of halogens is 1. The van der Waals surface area contributed by atoms with Crippen molar-refractivity contribution in [1.29, 1.82) is 0 Å². The zero-order chi connectivity index (χ0) is 13.8. The van der Waals surface area contributed by atoms with Crippen molar-refractivity contribution in [3.63, 3.8) is 0 Å². The van der Waals surface area contributed by atoms with E-state index in [0.29, 0.717) is 23.3 Å². The summed E-state index contributed by atoms with van der Waals surface area (Å²) in [5.41, 5.74) is 2.46. The molecule has 19 heavy (non-hydrogen) atoms. The Morgan fingerprint density at radius 3 is 2.68 bits per heavy atom. The number of nitrogens with two attached hydrogens (primary N) is 1. The molecular weight excluding hydrogens is 312 g/mol. The predicted molar refractivity (Wildman–Crippen MR) is 75.3 cm³/mol. The van der Waals surface area contributed by atoms with Gasteiger partial charge in [-0.3, -0.25) is 0 Å². The molecule has 0 aliphatic rings. The SMILES string of the molecule is COc1ccc(Oc2cc(NN)nc(C)n2)c(Br)c1. The Kier molecular flexibility index (Phi) is 4.18. The molecule has 2 aromatic rings. The van der Waals surface area contributed by atoms with Crippen LogP contribution in [0.1, 0.15) is 5.82 Å². The van der Waals surface area contributed by atoms with E-state index < -0.39 is 0 Å². The molecule has 0 aliphatic carbocycles. The lowest BCUT2D eigenvalue weighted by molar-refractivity contribution is 0.411. The molecule has 0 fully saturated rings. The second-order valence-electron chi connectivity index (χ2n) is 3.68. The van der Waals surface area contributed by atoms with Gasteiger partial charge in [-0.1, -0.05) is 0 Å². The minimum atomic E-state index is 0.409. The molecule has 1 aromatic carbocycles. The van der Waals surface area contributed by atoms with E-state index in [4.69, 9.17) is 15.3 Å². The van der Waals surface area contributed by atoms with Crippen LogP contribution >= 0.6 is 15.9 Å². The van der Waals surface area contributed by atoms with Crippen molar-refractivity contribution in [1.82, 2.24) is 9.97 Å². The largest absolute Gasteiger partial charge is 0.497 e. The molecule has 7 heteroatoms. The quantitative estimate of drug-likeness (QED) is 0.664. The molecule has 0 spiro atoms. The summed E-state index contributed by atoms with van der Waals surface area (Å²) >= 11 is 3.41. The fourth-order valence-corrected chi connectivity index (χ4v) is 1.91. The van der Waals surface area contributed by atoms with E-state index >= 15 is 0 Å². The van der Waals surface area contributed by atoms with Gasteiger partial charge in [0.05, 0.1) is 11.6 Å². The van der Waals surface area contributed by atoms with Gasteiger partial charge in [0.25, 0.3) is 0 Å². The third kappa shape index (κ3) is 3.33. The molecule has 100 valence electrons. The Balaban J connectivity index is 2.28. The molecule has 0 saturated heterocycles. The standard InChI is InChI=1S/C12H13BrN4O2/c1-7-15-11(17-14)6-12(16-7)19-10-4-3-8(18-2)5-9(10)13/h3-6H,14H2,1-2H3,(H,15,16,17). The van der Waals surface area contributed by atoms with Crippen LogP contribution in [-0.4, -0.2) is 17.1 Å². The van der Waals surface area contributed by atoms with Crippen LogP contribution in [0.2, 0.25) is 0 Å². The molecule has 0 saturated carbocycles. The molecule has 0 bridgehead atoms. The summed E-state index contributed by atoms with van der Waals surface area (Å²) in [4.78, 5) is 8.26. The average molecular weight is 325 g/mol. The third-order valence-corrected chi connectivity index (χ3v) is 2.94. The predicted octanol–water partition coefficient (Wildman–Crippen LogP) is 2.63. The smallest absolute Gasteiger partial charge is 0.224 e. The van der Waals surface area contributed by atoms with Crippen molar-refractivity contribution >= 4 is 21.7 Å². The average Bonchev–Trinajstić information content (AvgIpc) is 2.40. The number of aryl methyl sites for hydroxylation is 1. The van der Waals surface area contributed by atoms with E-state index in [1.165, 1.54) is 0 Å². The molecule has 1 aromatic heterocycles. The van der Waals surface area contributed by atoms with Crippen LogP contribution in [0.25, 0.3) is 0 Å². The molecule has 6 nitrogen and oxygen atoms in total. The van der Waals surface area contributed by atoms with Crippen molar-refractivity contribution in [3.05, 3.63) is 34.6 Å². The number of nitrogens with zero attached hydrogens (tertiary/aromatic N) is 2. The molecule has 1 heterocycles. The van der Waals surface area contributed by atoms with Gasteiger partial charge in [0.2, 0.25) is 5.88 Å². The summed E-state index contributed by atoms with van der Waals surface area (Å²) in [5.74, 6) is 8.16. The van der Waals surface area contributed by atoms with Gasteiger partial charge in [-0.25, -0.2) is 10.8 Å². The first-order chi connectivity index (χ1) is 9.12. The number of benzene rings is 1. The van der Waals surface area contributed by atoms with Gasteiger partial charge < -0.3 is 14.9 Å². The first-order valence-corrected chi connectivity index (χ1v) is 6.25. The normalized spacial score (nSPS) is 10.1. The van der Waals surface area contributed by atoms with Crippen molar-refractivity contribution in [2.24, 2.45) is 5.84 Å². The molecule has 0 atom stereocenters. The maximum absolute atomic E-state index is 5.68. The number of nitrogen functional groups attached to an aromatic ring is 1. The zero-order valence-corrected chi connectivity index (χ0v) is 12.1. The van der Waals surface area contributed by atoms with Crippen LogP contribution in [0.5, 0.6) is 17.4 Å². The van der Waals surface area contributed by atoms with Crippen LogP contribution in [-0.2, 0) is 0 Å². The number of hydrazine groups is 1. The molecule has 2 rings (SSSR count). The van der Waals surface area contributed by atoms with Crippen LogP contribution in [0, 0.1) is 6.92 Å². The molecule has 3 N–H and O–H groups in total. The van der Waals surface area contributed by atoms with Gasteiger partial charge in [0.1, 0.15) is 23.1 Å². The Morgan fingerprint density at radius 2 is 2.05 bits per heavy atom. The van der Waals surface area contributed by atoms with E-state index in [9.17, 15) is 0 Å². The lowest BCUT2D eigenvalue weighted by Crippen LogP contribution is -2.09. The molecular formula is C12H13BrN4O2. The molecule has 0 unspecified atom stereocenters. The number of hydrogen-bond acceptors (Lipinski definition) is 6. The summed E-state index contributed by atoms with van der Waals surface area (Å²) in [6.07, 6.45) is 0. The Morgan fingerprint density at radius 1 is 1.26 bits per heavy atom. The number of hydrogen-bond donors (Lipinski definition) is 2. The highest BCUT2D eigenvalue weighted by atomic mass is 79.9. The first kappa shape index (κ1) is 13.6. The van der Waals surface area contributed by atoms with Gasteiger partial charge in [-0.05, 0) is 41.1 Å². The van der Waals surface area contributed by atoms with E-state index in [2.05, 4.69) is 31.3 Å². The summed E-state index contributed by atoms with van der Waals surface area (Å²) in [6.45, 7) is 1.76. The van der Waals surface area contributed by atoms with E-state index in [-0.39, 0.29) is 0 Å². The van der Waals surface area contributed by atoms with E-state index in [1.807, 2.05) is 6.07 Å². The minimum absolute atomic E-state index is 0.409. The Hall–Kier alpha value is -1.86. The molecule has 0 radical (unpaired) electrons. The number of aromatic nitrogens is 2. The summed E-state index contributed by atoms with van der Waals surface area (Å²) in [7, 11) is 1.61. The number of nitrogens with one attached hydrogen (secondary N) is 1. The molecule has 0 amide bonds. The first-order valence-electron chi connectivity index (χ1n) is 5.46. The maximum Gasteiger partial charge on any atom is 0.224 e. The van der Waals surface area contributed by atoms with Crippen LogP contribution < -0.4 is 20.7 Å². The van der Waals surface area contributed by atoms with Gasteiger partial charge in [0.15, 0.2) is 0 Å². The van der Waals surface area contributed by atoms with E-state index in [1.54, 1.807) is 32.2 Å². The van der Waals surface area contributed by atoms with Crippen LogP contribution in [0.3, 0.4) is 0 Å². The highest BCUT2D eigenvalue weighted by molar-refractivity contribution is 9.10. The highest BCUT2D eigenvalue weighted by Crippen LogP contribution is 2.32.